The standard InChI is InChI=1S/C14H11FN5O/c15-10-2-1-9(12(6-10)13(17)21)5-11-7-20(19-18-11)14(8-16)3-4-14/h1-2,5-7H,3-4H2,(H2,17,21). The number of halogens is 1. The minimum Gasteiger partial charge on any atom is -0.366 e. The van der Waals surface area contributed by atoms with Crippen LogP contribution in [0.25, 0.3) is 0 Å². The number of rotatable bonds is 4. The zero-order chi connectivity index (χ0) is 15.0. The van der Waals surface area contributed by atoms with Crippen molar-refractivity contribution in [1.29, 1.82) is 5.26 Å². The largest absolute Gasteiger partial charge is 0.366 e. The number of nitriles is 1. The number of nitrogens with two attached hydrogens (primary N) is 1. The summed E-state index contributed by atoms with van der Waals surface area (Å²) in [5, 5.41) is 17.0. The van der Waals surface area contributed by atoms with Crippen LogP contribution in [0.5, 0.6) is 0 Å². The Balaban J connectivity index is 1.88. The molecule has 0 bridgehead atoms. The molecule has 1 saturated carbocycles. The first-order chi connectivity index (χ1) is 10.0. The molecule has 6 nitrogen and oxygen atoms in total. The normalized spacial score (nSPS) is 15.4. The van der Waals surface area contributed by atoms with Gasteiger partial charge in [0, 0.05) is 12.0 Å². The Morgan fingerprint density at radius 3 is 2.90 bits per heavy atom. The number of benzene rings is 1. The highest BCUT2D eigenvalue weighted by Gasteiger charge is 2.46. The van der Waals surface area contributed by atoms with Crippen molar-refractivity contribution < 1.29 is 9.18 Å². The lowest BCUT2D eigenvalue weighted by Crippen LogP contribution is -2.15. The van der Waals surface area contributed by atoms with Crippen LogP contribution >= 0.6 is 0 Å². The fourth-order valence-electron chi connectivity index (χ4n) is 2.09. The van der Waals surface area contributed by atoms with Gasteiger partial charge in [-0.1, -0.05) is 11.3 Å². The molecule has 2 aromatic rings. The average Bonchev–Trinajstić information content (AvgIpc) is 3.13. The second kappa shape index (κ2) is 4.66. The van der Waals surface area contributed by atoms with E-state index in [0.717, 1.165) is 18.9 Å². The van der Waals surface area contributed by atoms with Gasteiger partial charge < -0.3 is 5.73 Å². The van der Waals surface area contributed by atoms with Crippen LogP contribution in [-0.2, 0) is 5.54 Å². The van der Waals surface area contributed by atoms with Crippen LogP contribution in [0.15, 0.2) is 24.4 Å². The summed E-state index contributed by atoms with van der Waals surface area (Å²) in [5.74, 6) is -1.25. The lowest BCUT2D eigenvalue weighted by atomic mass is 10.0. The molecule has 1 aliphatic carbocycles. The van der Waals surface area contributed by atoms with E-state index in [0.29, 0.717) is 11.3 Å². The van der Waals surface area contributed by atoms with Gasteiger partial charge in [0.1, 0.15) is 5.82 Å². The third-order valence-corrected chi connectivity index (χ3v) is 3.47. The molecule has 1 fully saturated rings. The Hall–Kier alpha value is -2.75. The fraction of sp³-hybridized carbons (Fsp3) is 0.214. The van der Waals surface area contributed by atoms with Crippen molar-refractivity contribution in [2.45, 2.75) is 18.4 Å². The van der Waals surface area contributed by atoms with Gasteiger partial charge in [0.15, 0.2) is 5.54 Å². The number of nitrogens with zero attached hydrogens (tertiary/aromatic N) is 4. The highest BCUT2D eigenvalue weighted by atomic mass is 19.1. The average molecular weight is 284 g/mol. The van der Waals surface area contributed by atoms with Crippen LogP contribution in [0.4, 0.5) is 4.39 Å². The van der Waals surface area contributed by atoms with Crippen molar-refractivity contribution in [3.8, 4) is 6.07 Å². The summed E-state index contributed by atoms with van der Waals surface area (Å²) in [4.78, 5) is 11.3. The Morgan fingerprint density at radius 2 is 2.29 bits per heavy atom. The first-order valence-electron chi connectivity index (χ1n) is 6.32. The van der Waals surface area contributed by atoms with Crippen LogP contribution in [0.1, 0.15) is 34.5 Å². The van der Waals surface area contributed by atoms with Gasteiger partial charge in [-0.2, -0.15) is 5.26 Å². The number of hydrogen-bond donors (Lipinski definition) is 1. The molecule has 7 heteroatoms. The third-order valence-electron chi connectivity index (χ3n) is 3.47. The van der Waals surface area contributed by atoms with E-state index in [1.54, 1.807) is 12.6 Å². The number of aromatic nitrogens is 3. The number of primary amides is 1. The molecule has 1 aromatic heterocycles. The van der Waals surface area contributed by atoms with E-state index in [1.807, 2.05) is 0 Å². The molecule has 105 valence electrons. The van der Waals surface area contributed by atoms with E-state index in [-0.39, 0.29) is 5.56 Å². The third kappa shape index (κ3) is 2.36. The van der Waals surface area contributed by atoms with Gasteiger partial charge in [-0.3, -0.25) is 4.79 Å². The first kappa shape index (κ1) is 13.2. The van der Waals surface area contributed by atoms with E-state index in [2.05, 4.69) is 16.4 Å². The Bertz CT molecular complexity index is 757. The van der Waals surface area contributed by atoms with Crippen molar-refractivity contribution >= 4 is 5.91 Å². The van der Waals surface area contributed by atoms with Gasteiger partial charge in [-0.25, -0.2) is 9.07 Å². The molecule has 21 heavy (non-hydrogen) atoms. The summed E-state index contributed by atoms with van der Waals surface area (Å²) in [7, 11) is 0. The molecular weight excluding hydrogens is 273 g/mol. The van der Waals surface area contributed by atoms with Crippen molar-refractivity contribution in [2.24, 2.45) is 5.73 Å². The molecule has 2 N–H and O–H groups in total. The summed E-state index contributed by atoms with van der Waals surface area (Å²) in [5.41, 5.74) is 5.65. The van der Waals surface area contributed by atoms with Crippen LogP contribution < -0.4 is 5.73 Å². The SMILES string of the molecule is N#CC1(n2cc([CH]c3ccc(F)cc3C(N)=O)nn2)CC1. The van der Waals surface area contributed by atoms with Crippen LogP contribution in [0.2, 0.25) is 0 Å². The van der Waals surface area contributed by atoms with E-state index in [1.165, 1.54) is 16.8 Å². The number of carbonyl (C=O) groups is 1. The molecule has 0 spiro atoms. The summed E-state index contributed by atoms with van der Waals surface area (Å²) >= 11 is 0. The Kier molecular flexibility index (Phi) is 2.94. The Morgan fingerprint density at radius 1 is 1.52 bits per heavy atom. The highest BCUT2D eigenvalue weighted by molar-refractivity contribution is 5.95. The van der Waals surface area contributed by atoms with Gasteiger partial charge in [0.25, 0.3) is 0 Å². The fourth-order valence-corrected chi connectivity index (χ4v) is 2.09. The zero-order valence-electron chi connectivity index (χ0n) is 11.0. The molecule has 0 saturated heterocycles. The molecule has 3 rings (SSSR count). The number of amides is 1. The van der Waals surface area contributed by atoms with E-state index in [9.17, 15) is 9.18 Å². The van der Waals surface area contributed by atoms with E-state index >= 15 is 0 Å². The second-order valence-corrected chi connectivity index (χ2v) is 4.97. The summed E-state index contributed by atoms with van der Waals surface area (Å²) < 4.78 is 14.7. The lowest BCUT2D eigenvalue weighted by Gasteiger charge is -2.05. The monoisotopic (exact) mass is 284 g/mol. The number of carbonyl (C=O) groups excluding carboxylic acids is 1. The summed E-state index contributed by atoms with van der Waals surface area (Å²) in [6.07, 6.45) is 4.70. The summed E-state index contributed by atoms with van der Waals surface area (Å²) in [6.45, 7) is 0. The van der Waals surface area contributed by atoms with Crippen molar-refractivity contribution in [1.82, 2.24) is 15.0 Å². The topological polar surface area (TPSA) is 97.6 Å². The Labute approximate surface area is 120 Å². The van der Waals surface area contributed by atoms with E-state index in [4.69, 9.17) is 11.0 Å². The smallest absolute Gasteiger partial charge is 0.249 e. The van der Waals surface area contributed by atoms with Gasteiger partial charge in [-0.05, 0) is 30.5 Å². The lowest BCUT2D eigenvalue weighted by molar-refractivity contribution is 0.0999. The maximum Gasteiger partial charge on any atom is 0.249 e. The minimum absolute atomic E-state index is 0.0750. The molecule has 1 aromatic carbocycles. The molecule has 0 atom stereocenters. The van der Waals surface area contributed by atoms with Gasteiger partial charge in [0.05, 0.1) is 18.0 Å². The molecule has 0 unspecified atom stereocenters. The van der Waals surface area contributed by atoms with Crippen LogP contribution in [0, 0.1) is 23.6 Å². The molecule has 0 aliphatic heterocycles. The van der Waals surface area contributed by atoms with E-state index < -0.39 is 17.3 Å². The van der Waals surface area contributed by atoms with Crippen molar-refractivity contribution in [2.75, 3.05) is 0 Å². The molecule has 1 aliphatic rings. The van der Waals surface area contributed by atoms with Gasteiger partial charge in [-0.15, -0.1) is 5.10 Å². The quantitative estimate of drug-likeness (QED) is 0.909. The summed E-state index contributed by atoms with van der Waals surface area (Å²) in [6, 6.07) is 5.97. The predicted molar refractivity (Wildman–Crippen MR) is 70.3 cm³/mol. The molecule has 1 amide bonds. The predicted octanol–water partition coefficient (Wildman–Crippen LogP) is 1.13. The number of hydrogen-bond acceptors (Lipinski definition) is 4. The minimum atomic E-state index is -0.719. The molecule has 1 heterocycles. The molecule has 1 radical (unpaired) electrons. The zero-order valence-corrected chi connectivity index (χ0v) is 11.0. The first-order valence-corrected chi connectivity index (χ1v) is 6.32. The maximum atomic E-state index is 13.2. The maximum absolute atomic E-state index is 13.2. The molecular formula is C14H11FN5O. The van der Waals surface area contributed by atoms with Gasteiger partial charge in [0.2, 0.25) is 5.91 Å². The van der Waals surface area contributed by atoms with Crippen LogP contribution in [-0.4, -0.2) is 20.9 Å². The van der Waals surface area contributed by atoms with Gasteiger partial charge >= 0.3 is 0 Å². The van der Waals surface area contributed by atoms with Crippen molar-refractivity contribution in [3.63, 3.8) is 0 Å². The second-order valence-electron chi connectivity index (χ2n) is 4.97. The van der Waals surface area contributed by atoms with Crippen molar-refractivity contribution in [3.05, 3.63) is 53.5 Å². The van der Waals surface area contributed by atoms with Crippen LogP contribution in [0.3, 0.4) is 0 Å². The highest BCUT2D eigenvalue weighted by Crippen LogP contribution is 2.42.